The molecule has 12 heteroatoms. The second-order valence-electron chi connectivity index (χ2n) is 4.98. The molecule has 2 heterocycles. The zero-order chi connectivity index (χ0) is 17.2. The lowest BCUT2D eigenvalue weighted by Crippen LogP contribution is -2.36. The smallest absolute Gasteiger partial charge is 0.265 e. The molecule has 1 aromatic heterocycles. The van der Waals surface area contributed by atoms with Gasteiger partial charge < -0.3 is 4.74 Å². The van der Waals surface area contributed by atoms with E-state index in [4.69, 9.17) is 4.74 Å². The van der Waals surface area contributed by atoms with Gasteiger partial charge in [-0.15, -0.1) is 10.2 Å². The minimum absolute atomic E-state index is 0.0550. The minimum Gasteiger partial charge on any atom is -0.380 e. The molecule has 1 aliphatic rings. The summed E-state index contributed by atoms with van der Waals surface area (Å²) in [6.45, 7) is 0.725. The number of hydrogen-bond donors (Lipinski definition) is 2. The highest BCUT2D eigenvalue weighted by atomic mass is 32.2. The molecule has 1 fully saturated rings. The predicted octanol–water partition coefficient (Wildman–Crippen LogP) is 0.406. The minimum atomic E-state index is -4.12. The summed E-state index contributed by atoms with van der Waals surface area (Å²) in [5.74, 6) is 0. The molecule has 0 amide bonds. The number of benzene rings is 1. The summed E-state index contributed by atoms with van der Waals surface area (Å²) in [4.78, 5) is -0.680. The van der Waals surface area contributed by atoms with E-state index in [1.54, 1.807) is 0 Å². The van der Waals surface area contributed by atoms with Gasteiger partial charge in [-0.2, -0.15) is 0 Å². The normalized spacial score (nSPS) is 18.6. The summed E-state index contributed by atoms with van der Waals surface area (Å²) < 4.78 is 60.0. The Morgan fingerprint density at radius 3 is 2.42 bits per heavy atom. The zero-order valence-corrected chi connectivity index (χ0v) is 14.7. The van der Waals surface area contributed by atoms with E-state index in [2.05, 4.69) is 19.6 Å². The average molecular weight is 390 g/mol. The number of hydrogen-bond acceptors (Lipinski definition) is 8. The molecular weight excluding hydrogens is 376 g/mol. The second-order valence-corrected chi connectivity index (χ2v) is 9.14. The first-order valence-electron chi connectivity index (χ1n) is 6.86. The summed E-state index contributed by atoms with van der Waals surface area (Å²) >= 11 is 0.990. The maximum atomic E-state index is 12.6. The fourth-order valence-corrected chi connectivity index (χ4v) is 5.97. The first-order valence-corrected chi connectivity index (χ1v) is 10.7. The van der Waals surface area contributed by atoms with Crippen LogP contribution in [0.1, 0.15) is 6.42 Å². The van der Waals surface area contributed by atoms with E-state index < -0.39 is 20.0 Å². The van der Waals surface area contributed by atoms with Crippen molar-refractivity contribution in [2.45, 2.75) is 22.3 Å². The molecule has 0 bridgehead atoms. The molecule has 1 atom stereocenters. The molecule has 1 aliphatic heterocycles. The summed E-state index contributed by atoms with van der Waals surface area (Å²) in [5.41, 5.74) is 1.36. The number of ether oxygens (including phenoxy) is 1. The molecule has 2 N–H and O–H groups in total. The Bertz CT molecular complexity index is 906. The maximum Gasteiger partial charge on any atom is 0.265 e. The van der Waals surface area contributed by atoms with Crippen molar-refractivity contribution in [2.75, 3.05) is 17.9 Å². The van der Waals surface area contributed by atoms with Crippen molar-refractivity contribution in [3.05, 3.63) is 29.8 Å². The molecule has 0 saturated carbocycles. The molecule has 0 radical (unpaired) electrons. The van der Waals surface area contributed by atoms with E-state index in [0.29, 0.717) is 13.0 Å². The maximum absolute atomic E-state index is 12.6. The van der Waals surface area contributed by atoms with Gasteiger partial charge in [-0.25, -0.2) is 21.6 Å². The number of aromatic nitrogens is 2. The Balaban J connectivity index is 1.95. The van der Waals surface area contributed by atoms with Crippen LogP contribution in [-0.4, -0.2) is 46.3 Å². The monoisotopic (exact) mass is 390 g/mol. The molecule has 3 rings (SSSR count). The molecule has 1 unspecified atom stereocenters. The van der Waals surface area contributed by atoms with E-state index in [-0.39, 0.29) is 27.6 Å². The van der Waals surface area contributed by atoms with Crippen LogP contribution in [0.3, 0.4) is 0 Å². The molecule has 0 aliphatic carbocycles. The lowest BCUT2D eigenvalue weighted by molar-refractivity contribution is 0.192. The van der Waals surface area contributed by atoms with Crippen molar-refractivity contribution in [3.8, 4) is 0 Å². The van der Waals surface area contributed by atoms with E-state index in [9.17, 15) is 16.8 Å². The van der Waals surface area contributed by atoms with E-state index in [0.717, 1.165) is 11.3 Å². The second kappa shape index (κ2) is 6.72. The van der Waals surface area contributed by atoms with Crippen LogP contribution < -0.4 is 9.44 Å². The summed E-state index contributed by atoms with van der Waals surface area (Å²) in [7, 11) is -8.14. The SMILES string of the molecule is O=S(=O)(Nc1nncs1)c1ccccc1S(=O)(=O)NC1CCOC1. The Morgan fingerprint density at radius 1 is 1.12 bits per heavy atom. The molecule has 9 nitrogen and oxygen atoms in total. The fourth-order valence-electron chi connectivity index (χ4n) is 2.19. The number of nitrogens with zero attached hydrogens (tertiary/aromatic N) is 2. The van der Waals surface area contributed by atoms with Crippen LogP contribution >= 0.6 is 11.3 Å². The average Bonchev–Trinajstić information content (AvgIpc) is 3.20. The first-order chi connectivity index (χ1) is 11.4. The third kappa shape index (κ3) is 3.72. The van der Waals surface area contributed by atoms with Crippen LogP contribution in [0, 0.1) is 0 Å². The summed E-state index contributed by atoms with van der Waals surface area (Å²) in [6.07, 6.45) is 0.539. The van der Waals surface area contributed by atoms with Crippen molar-refractivity contribution < 1.29 is 21.6 Å². The molecule has 0 spiro atoms. The van der Waals surface area contributed by atoms with Crippen LogP contribution in [0.2, 0.25) is 0 Å². The molecule has 24 heavy (non-hydrogen) atoms. The van der Waals surface area contributed by atoms with Crippen LogP contribution in [-0.2, 0) is 24.8 Å². The van der Waals surface area contributed by atoms with Gasteiger partial charge in [-0.05, 0) is 18.6 Å². The number of anilines is 1. The number of nitrogens with one attached hydrogen (secondary N) is 2. The zero-order valence-electron chi connectivity index (χ0n) is 12.2. The van der Waals surface area contributed by atoms with Gasteiger partial charge >= 0.3 is 0 Å². The molecular formula is C12H14N4O5S3. The highest BCUT2D eigenvalue weighted by Crippen LogP contribution is 2.24. The van der Waals surface area contributed by atoms with Crippen LogP contribution in [0.5, 0.6) is 0 Å². The van der Waals surface area contributed by atoms with Crippen molar-refractivity contribution in [2.24, 2.45) is 0 Å². The van der Waals surface area contributed by atoms with Crippen molar-refractivity contribution >= 4 is 36.5 Å². The Morgan fingerprint density at radius 2 is 1.83 bits per heavy atom. The fraction of sp³-hybridized carbons (Fsp3) is 0.333. The van der Waals surface area contributed by atoms with Gasteiger partial charge in [0, 0.05) is 12.6 Å². The topological polar surface area (TPSA) is 127 Å². The lowest BCUT2D eigenvalue weighted by atomic mass is 10.3. The number of sulfonamides is 2. The third-order valence-corrected chi connectivity index (χ3v) is 7.10. The quantitative estimate of drug-likeness (QED) is 0.731. The summed E-state index contributed by atoms with van der Waals surface area (Å²) in [5, 5.41) is 7.19. The van der Waals surface area contributed by atoms with E-state index in [1.807, 2.05) is 0 Å². The lowest BCUT2D eigenvalue weighted by Gasteiger charge is -2.14. The van der Waals surface area contributed by atoms with Gasteiger partial charge in [-0.3, -0.25) is 4.72 Å². The van der Waals surface area contributed by atoms with Crippen LogP contribution in [0.25, 0.3) is 0 Å². The van der Waals surface area contributed by atoms with Crippen molar-refractivity contribution in [1.29, 1.82) is 0 Å². The van der Waals surface area contributed by atoms with Gasteiger partial charge in [0.15, 0.2) is 0 Å². The van der Waals surface area contributed by atoms with Crippen LogP contribution in [0.15, 0.2) is 39.6 Å². The molecule has 1 saturated heterocycles. The Hall–Kier alpha value is -1.60. The van der Waals surface area contributed by atoms with Gasteiger partial charge in [-0.1, -0.05) is 23.5 Å². The highest BCUT2D eigenvalue weighted by Gasteiger charge is 2.29. The van der Waals surface area contributed by atoms with Crippen molar-refractivity contribution in [1.82, 2.24) is 14.9 Å². The number of rotatable bonds is 6. The standard InChI is InChI=1S/C12H14N4O5S3/c17-23(18,15-9-5-6-21-7-9)10-3-1-2-4-11(10)24(19,20)16-12-14-13-8-22-12/h1-4,8-9,15H,5-7H2,(H,14,16). The highest BCUT2D eigenvalue weighted by molar-refractivity contribution is 7.94. The Labute approximate surface area is 143 Å². The third-order valence-electron chi connectivity index (χ3n) is 3.26. The van der Waals surface area contributed by atoms with Gasteiger partial charge in [0.05, 0.1) is 6.61 Å². The summed E-state index contributed by atoms with van der Waals surface area (Å²) in [6, 6.07) is 5.01. The van der Waals surface area contributed by atoms with Crippen LogP contribution in [0.4, 0.5) is 5.13 Å². The largest absolute Gasteiger partial charge is 0.380 e. The van der Waals surface area contributed by atoms with Gasteiger partial charge in [0.25, 0.3) is 10.0 Å². The molecule has 2 aromatic rings. The van der Waals surface area contributed by atoms with E-state index >= 15 is 0 Å². The van der Waals surface area contributed by atoms with Crippen molar-refractivity contribution in [3.63, 3.8) is 0 Å². The molecule has 130 valence electrons. The predicted molar refractivity (Wildman–Crippen MR) is 86.7 cm³/mol. The van der Waals surface area contributed by atoms with E-state index in [1.165, 1.54) is 29.8 Å². The van der Waals surface area contributed by atoms with Gasteiger partial charge in [0.2, 0.25) is 15.2 Å². The van der Waals surface area contributed by atoms with Gasteiger partial charge in [0.1, 0.15) is 15.3 Å². The molecule has 1 aromatic carbocycles. The Kier molecular flexibility index (Phi) is 4.83. The first kappa shape index (κ1) is 17.2.